The first kappa shape index (κ1) is 29.1. The van der Waals surface area contributed by atoms with E-state index in [9.17, 15) is 9.59 Å². The number of alkyl carbamates (subject to hydrolysis) is 1. The zero-order valence-electron chi connectivity index (χ0n) is 24.3. The second-order valence-corrected chi connectivity index (χ2v) is 10.6. The van der Waals surface area contributed by atoms with Gasteiger partial charge in [0.2, 0.25) is 0 Å². The van der Waals surface area contributed by atoms with Gasteiger partial charge in [-0.2, -0.15) is 0 Å². The minimum absolute atomic E-state index is 0.0800. The van der Waals surface area contributed by atoms with Crippen molar-refractivity contribution < 1.29 is 19.1 Å². The summed E-state index contributed by atoms with van der Waals surface area (Å²) in [5.41, 5.74) is 4.19. The van der Waals surface area contributed by atoms with E-state index in [0.29, 0.717) is 11.7 Å². The van der Waals surface area contributed by atoms with Crippen molar-refractivity contribution in [2.45, 2.75) is 58.1 Å². The van der Waals surface area contributed by atoms with Crippen LogP contribution in [0.4, 0.5) is 22.2 Å². The number of aromatic nitrogens is 3. The third-order valence-electron chi connectivity index (χ3n) is 7.74. The summed E-state index contributed by atoms with van der Waals surface area (Å²) in [6.07, 6.45) is 5.03. The Morgan fingerprint density at radius 1 is 1.10 bits per heavy atom. The van der Waals surface area contributed by atoms with Crippen LogP contribution in [0.2, 0.25) is 0 Å². The fourth-order valence-corrected chi connectivity index (χ4v) is 5.44. The molecule has 1 atom stereocenters. The van der Waals surface area contributed by atoms with Gasteiger partial charge in [0.05, 0.1) is 6.61 Å². The fourth-order valence-electron chi connectivity index (χ4n) is 5.44. The molecule has 2 aliphatic rings. The molecule has 5 rings (SSSR count). The lowest BCUT2D eigenvalue weighted by molar-refractivity contribution is -0.145. The largest absolute Gasteiger partial charge is 0.464 e. The summed E-state index contributed by atoms with van der Waals surface area (Å²) < 4.78 is 10.5. The predicted octanol–water partition coefficient (Wildman–Crippen LogP) is 4.19. The standard InChI is InChI=1S/C31H39N7O4/c1-3-41-30(39)26(37-31(40)42-19-22-8-5-4-6-9-22)18-33-27-21(2)29(35-20-34-27)38-16-13-23(14-17-38)25-12-11-24-10-7-15-32-28(24)36-25/h4-6,8-9,11-12,20,23,26H,3,7,10,13-19H2,1-2H3,(H,32,36)(H,37,40)(H,33,34,35)/t26-/m0/s1. The number of carbonyl (C=O) groups is 2. The summed E-state index contributed by atoms with van der Waals surface area (Å²) in [6, 6.07) is 12.8. The third kappa shape index (κ3) is 7.26. The number of nitrogens with one attached hydrogen (secondary N) is 3. The van der Waals surface area contributed by atoms with Crippen LogP contribution in [0.15, 0.2) is 48.8 Å². The van der Waals surface area contributed by atoms with Crippen LogP contribution in [-0.4, -0.2) is 65.8 Å². The number of piperidine rings is 1. The molecule has 222 valence electrons. The van der Waals surface area contributed by atoms with E-state index in [1.165, 1.54) is 11.9 Å². The van der Waals surface area contributed by atoms with Gasteiger partial charge in [-0.1, -0.05) is 36.4 Å². The molecule has 1 aromatic carbocycles. The molecule has 1 saturated heterocycles. The molecule has 1 fully saturated rings. The molecule has 0 spiro atoms. The Bertz CT molecular complexity index is 1360. The highest BCUT2D eigenvalue weighted by Crippen LogP contribution is 2.33. The van der Waals surface area contributed by atoms with Gasteiger partial charge >= 0.3 is 12.1 Å². The molecule has 2 aromatic heterocycles. The molecule has 0 unspecified atom stereocenters. The summed E-state index contributed by atoms with van der Waals surface area (Å²) in [5, 5.41) is 9.27. The van der Waals surface area contributed by atoms with Crippen molar-refractivity contribution in [3.8, 4) is 0 Å². The van der Waals surface area contributed by atoms with Gasteiger partial charge in [0, 0.05) is 43.4 Å². The van der Waals surface area contributed by atoms with Crippen LogP contribution in [0.5, 0.6) is 0 Å². The van der Waals surface area contributed by atoms with Crippen LogP contribution in [0, 0.1) is 6.92 Å². The Kier molecular flexibility index (Phi) is 9.68. The Balaban J connectivity index is 1.18. The van der Waals surface area contributed by atoms with Gasteiger partial charge in [0.25, 0.3) is 0 Å². The van der Waals surface area contributed by atoms with Crippen LogP contribution < -0.4 is 20.9 Å². The number of ether oxygens (including phenoxy) is 2. The van der Waals surface area contributed by atoms with Gasteiger partial charge in [-0.05, 0) is 56.7 Å². The zero-order chi connectivity index (χ0) is 29.3. The van der Waals surface area contributed by atoms with E-state index < -0.39 is 18.1 Å². The molecule has 42 heavy (non-hydrogen) atoms. The van der Waals surface area contributed by atoms with E-state index in [4.69, 9.17) is 14.5 Å². The number of amides is 1. The molecule has 0 radical (unpaired) electrons. The van der Waals surface area contributed by atoms with Gasteiger partial charge in [0.15, 0.2) is 0 Å². The molecular formula is C31H39N7O4. The Labute approximate surface area is 246 Å². The van der Waals surface area contributed by atoms with Crippen molar-refractivity contribution in [2.75, 3.05) is 48.3 Å². The second kappa shape index (κ2) is 14.0. The number of hydrogen-bond acceptors (Lipinski definition) is 10. The van der Waals surface area contributed by atoms with Crippen LogP contribution in [0.25, 0.3) is 0 Å². The molecule has 3 N–H and O–H groups in total. The number of anilines is 3. The molecule has 3 aromatic rings. The average Bonchev–Trinajstić information content (AvgIpc) is 3.03. The van der Waals surface area contributed by atoms with E-state index >= 15 is 0 Å². The maximum absolute atomic E-state index is 12.6. The highest BCUT2D eigenvalue weighted by atomic mass is 16.6. The van der Waals surface area contributed by atoms with E-state index in [1.807, 2.05) is 37.3 Å². The highest BCUT2D eigenvalue weighted by Gasteiger charge is 2.27. The number of pyridine rings is 1. The van der Waals surface area contributed by atoms with Crippen molar-refractivity contribution in [1.82, 2.24) is 20.3 Å². The number of carbonyl (C=O) groups excluding carboxylic acids is 2. The first-order chi connectivity index (χ1) is 20.5. The average molecular weight is 574 g/mol. The smallest absolute Gasteiger partial charge is 0.408 e. The van der Waals surface area contributed by atoms with Crippen molar-refractivity contribution in [2.24, 2.45) is 0 Å². The van der Waals surface area contributed by atoms with Gasteiger partial charge in [-0.25, -0.2) is 24.5 Å². The first-order valence-corrected chi connectivity index (χ1v) is 14.7. The van der Waals surface area contributed by atoms with Crippen molar-refractivity contribution in [3.63, 3.8) is 0 Å². The maximum Gasteiger partial charge on any atom is 0.408 e. The zero-order valence-corrected chi connectivity index (χ0v) is 24.3. The summed E-state index contributed by atoms with van der Waals surface area (Å²) in [6.45, 7) is 6.75. The number of nitrogens with zero attached hydrogens (tertiary/aromatic N) is 4. The molecule has 4 heterocycles. The second-order valence-electron chi connectivity index (χ2n) is 10.6. The number of esters is 1. The molecule has 0 aliphatic carbocycles. The Morgan fingerprint density at radius 2 is 1.90 bits per heavy atom. The minimum Gasteiger partial charge on any atom is -0.464 e. The number of rotatable bonds is 10. The number of aryl methyl sites for hydroxylation is 1. The molecule has 2 aliphatic heterocycles. The minimum atomic E-state index is -0.958. The normalized spacial score (nSPS) is 15.6. The number of hydrogen-bond donors (Lipinski definition) is 3. The van der Waals surface area contributed by atoms with Crippen LogP contribution >= 0.6 is 0 Å². The van der Waals surface area contributed by atoms with Crippen molar-refractivity contribution in [3.05, 3.63) is 71.2 Å². The topological polar surface area (TPSA) is 131 Å². The monoisotopic (exact) mass is 573 g/mol. The van der Waals surface area contributed by atoms with Crippen LogP contribution in [0.1, 0.15) is 54.5 Å². The van der Waals surface area contributed by atoms with Gasteiger partial charge in [-0.15, -0.1) is 0 Å². The molecular weight excluding hydrogens is 534 g/mol. The molecule has 0 bridgehead atoms. The lowest BCUT2D eigenvalue weighted by Gasteiger charge is -2.34. The van der Waals surface area contributed by atoms with Crippen molar-refractivity contribution in [1.29, 1.82) is 0 Å². The van der Waals surface area contributed by atoms with E-state index in [0.717, 1.165) is 73.8 Å². The summed E-state index contributed by atoms with van der Waals surface area (Å²) in [4.78, 5) is 41.3. The van der Waals surface area contributed by atoms with E-state index in [2.05, 4.69) is 43.0 Å². The van der Waals surface area contributed by atoms with Gasteiger partial charge < -0.3 is 30.3 Å². The maximum atomic E-state index is 12.6. The predicted molar refractivity (Wildman–Crippen MR) is 161 cm³/mol. The molecule has 0 saturated carbocycles. The summed E-state index contributed by atoms with van der Waals surface area (Å²) in [7, 11) is 0. The lowest BCUT2D eigenvalue weighted by atomic mass is 9.92. The first-order valence-electron chi connectivity index (χ1n) is 14.7. The third-order valence-corrected chi connectivity index (χ3v) is 7.74. The summed E-state index contributed by atoms with van der Waals surface area (Å²) in [5.74, 6) is 2.35. The van der Waals surface area contributed by atoms with Crippen molar-refractivity contribution >= 4 is 29.5 Å². The van der Waals surface area contributed by atoms with Crippen LogP contribution in [-0.2, 0) is 27.3 Å². The van der Waals surface area contributed by atoms with E-state index in [1.54, 1.807) is 6.92 Å². The SMILES string of the molecule is CCOC(=O)[C@H](CNc1ncnc(N2CCC(c3ccc4c(n3)NCCC4)CC2)c1C)NC(=O)OCc1ccccc1. The molecule has 1 amide bonds. The summed E-state index contributed by atoms with van der Waals surface area (Å²) >= 11 is 0. The lowest BCUT2D eigenvalue weighted by Crippen LogP contribution is -2.46. The number of fused-ring (bicyclic) bond motifs is 1. The number of benzene rings is 1. The Hall–Kier alpha value is -4.41. The van der Waals surface area contributed by atoms with Gasteiger partial charge in [0.1, 0.15) is 36.4 Å². The van der Waals surface area contributed by atoms with Crippen LogP contribution in [0.3, 0.4) is 0 Å². The highest BCUT2D eigenvalue weighted by molar-refractivity contribution is 5.82. The fraction of sp³-hybridized carbons (Fsp3) is 0.452. The quantitative estimate of drug-likeness (QED) is 0.304. The Morgan fingerprint density at radius 3 is 2.69 bits per heavy atom. The molecule has 11 heteroatoms. The van der Waals surface area contributed by atoms with E-state index in [-0.39, 0.29) is 19.8 Å². The molecule has 11 nitrogen and oxygen atoms in total. The van der Waals surface area contributed by atoms with Gasteiger partial charge in [-0.3, -0.25) is 0 Å².